The molecule has 0 atom stereocenters. The zero-order valence-electron chi connectivity index (χ0n) is 11.6. The van der Waals surface area contributed by atoms with Crippen LogP contribution in [0, 0.1) is 6.92 Å². The standard InChI is InChI=1S/C13H14N6OS/c1-8-11(13(14-2)21-18-8)12(20)15-7-10-17-16-9-5-3-4-6-19(9)10/h3-6,14H,7H2,1-2H3,(H,15,20). The molecule has 0 bridgehead atoms. The lowest BCUT2D eigenvalue weighted by Gasteiger charge is -2.05. The largest absolute Gasteiger partial charge is 0.378 e. The molecule has 0 aromatic carbocycles. The Balaban J connectivity index is 1.78. The highest BCUT2D eigenvalue weighted by atomic mass is 32.1. The topological polar surface area (TPSA) is 84.2 Å². The quantitative estimate of drug-likeness (QED) is 0.762. The van der Waals surface area contributed by atoms with Crippen LogP contribution in [0.2, 0.25) is 0 Å². The maximum Gasteiger partial charge on any atom is 0.256 e. The first kappa shape index (κ1) is 13.5. The van der Waals surface area contributed by atoms with E-state index in [0.29, 0.717) is 23.6 Å². The molecule has 21 heavy (non-hydrogen) atoms. The van der Waals surface area contributed by atoms with Crippen molar-refractivity contribution in [2.24, 2.45) is 0 Å². The Morgan fingerprint density at radius 2 is 2.24 bits per heavy atom. The van der Waals surface area contributed by atoms with E-state index < -0.39 is 0 Å². The number of nitrogens with one attached hydrogen (secondary N) is 2. The summed E-state index contributed by atoms with van der Waals surface area (Å²) in [6.07, 6.45) is 1.87. The Morgan fingerprint density at radius 1 is 1.38 bits per heavy atom. The van der Waals surface area contributed by atoms with E-state index in [4.69, 9.17) is 0 Å². The molecule has 0 aliphatic rings. The van der Waals surface area contributed by atoms with E-state index >= 15 is 0 Å². The van der Waals surface area contributed by atoms with E-state index in [1.807, 2.05) is 35.7 Å². The molecule has 3 heterocycles. The number of amides is 1. The number of hydrogen-bond donors (Lipinski definition) is 2. The van der Waals surface area contributed by atoms with Gasteiger partial charge in [0.25, 0.3) is 5.91 Å². The van der Waals surface area contributed by atoms with Crippen molar-refractivity contribution in [2.75, 3.05) is 12.4 Å². The lowest BCUT2D eigenvalue weighted by Crippen LogP contribution is -2.25. The van der Waals surface area contributed by atoms with Crippen molar-refractivity contribution < 1.29 is 4.79 Å². The monoisotopic (exact) mass is 302 g/mol. The lowest BCUT2D eigenvalue weighted by molar-refractivity contribution is 0.0950. The van der Waals surface area contributed by atoms with Crippen molar-refractivity contribution in [3.05, 3.63) is 41.5 Å². The van der Waals surface area contributed by atoms with E-state index in [0.717, 1.165) is 10.6 Å². The first-order valence-electron chi connectivity index (χ1n) is 6.41. The number of nitrogens with zero attached hydrogens (tertiary/aromatic N) is 4. The van der Waals surface area contributed by atoms with Gasteiger partial charge in [-0.25, -0.2) is 0 Å². The van der Waals surface area contributed by atoms with Gasteiger partial charge >= 0.3 is 0 Å². The molecule has 0 aliphatic heterocycles. The molecule has 8 heteroatoms. The number of hydrogen-bond acceptors (Lipinski definition) is 6. The van der Waals surface area contributed by atoms with Gasteiger partial charge in [-0.2, -0.15) is 4.37 Å². The van der Waals surface area contributed by atoms with Gasteiger partial charge in [-0.05, 0) is 30.6 Å². The molecule has 3 aromatic rings. The Kier molecular flexibility index (Phi) is 3.53. The lowest BCUT2D eigenvalue weighted by atomic mass is 10.2. The maximum absolute atomic E-state index is 12.3. The molecule has 108 valence electrons. The number of carbonyl (C=O) groups excluding carboxylic acids is 1. The predicted octanol–water partition coefficient (Wildman–Crippen LogP) is 1.47. The number of carbonyl (C=O) groups is 1. The SMILES string of the molecule is CNc1snc(C)c1C(=O)NCc1nnc2ccccn12. The summed E-state index contributed by atoms with van der Waals surface area (Å²) in [5.41, 5.74) is 2.05. The summed E-state index contributed by atoms with van der Waals surface area (Å²) in [6, 6.07) is 5.66. The van der Waals surface area contributed by atoms with Gasteiger partial charge in [-0.1, -0.05) is 6.07 Å². The second-order valence-electron chi connectivity index (χ2n) is 4.45. The van der Waals surface area contributed by atoms with Crippen LogP contribution in [-0.2, 0) is 6.54 Å². The molecule has 0 saturated carbocycles. The molecule has 1 amide bonds. The third-order valence-electron chi connectivity index (χ3n) is 3.11. The van der Waals surface area contributed by atoms with E-state index in [1.165, 1.54) is 11.5 Å². The fraction of sp³-hybridized carbons (Fsp3) is 0.231. The number of aryl methyl sites for hydroxylation is 1. The van der Waals surface area contributed by atoms with Crippen LogP contribution in [0.1, 0.15) is 21.9 Å². The Morgan fingerprint density at radius 3 is 3.05 bits per heavy atom. The molecule has 0 aliphatic carbocycles. The van der Waals surface area contributed by atoms with E-state index in [2.05, 4.69) is 25.2 Å². The van der Waals surface area contributed by atoms with Gasteiger partial charge in [-0.15, -0.1) is 10.2 Å². The fourth-order valence-electron chi connectivity index (χ4n) is 2.07. The average molecular weight is 302 g/mol. The van der Waals surface area contributed by atoms with Crippen LogP contribution in [0.25, 0.3) is 5.65 Å². The van der Waals surface area contributed by atoms with E-state index in [-0.39, 0.29) is 5.91 Å². The summed E-state index contributed by atoms with van der Waals surface area (Å²) in [5, 5.41) is 14.7. The highest BCUT2D eigenvalue weighted by Crippen LogP contribution is 2.23. The van der Waals surface area contributed by atoms with Gasteiger partial charge < -0.3 is 10.6 Å². The van der Waals surface area contributed by atoms with Crippen molar-refractivity contribution in [2.45, 2.75) is 13.5 Å². The maximum atomic E-state index is 12.3. The third kappa shape index (κ3) is 2.45. The zero-order valence-corrected chi connectivity index (χ0v) is 12.4. The molecule has 0 spiro atoms. The van der Waals surface area contributed by atoms with Crippen molar-refractivity contribution >= 4 is 28.1 Å². The molecular weight excluding hydrogens is 288 g/mol. The summed E-state index contributed by atoms with van der Waals surface area (Å²) in [7, 11) is 1.77. The molecule has 0 fully saturated rings. The predicted molar refractivity (Wildman–Crippen MR) is 80.6 cm³/mol. The van der Waals surface area contributed by atoms with Gasteiger partial charge in [-0.3, -0.25) is 9.20 Å². The second-order valence-corrected chi connectivity index (χ2v) is 5.22. The third-order valence-corrected chi connectivity index (χ3v) is 4.06. The van der Waals surface area contributed by atoms with Gasteiger partial charge in [0.15, 0.2) is 11.5 Å². The van der Waals surface area contributed by atoms with Crippen LogP contribution in [0.3, 0.4) is 0 Å². The first-order valence-corrected chi connectivity index (χ1v) is 7.19. The average Bonchev–Trinajstić information content (AvgIpc) is 3.08. The normalized spacial score (nSPS) is 10.8. The molecule has 0 unspecified atom stereocenters. The highest BCUT2D eigenvalue weighted by Gasteiger charge is 2.18. The number of anilines is 1. The number of pyridine rings is 1. The van der Waals surface area contributed by atoms with Crippen molar-refractivity contribution in [1.29, 1.82) is 0 Å². The summed E-state index contributed by atoms with van der Waals surface area (Å²) >= 11 is 1.28. The summed E-state index contributed by atoms with van der Waals surface area (Å²) in [5.74, 6) is 0.518. The first-order chi connectivity index (χ1) is 10.2. The molecule has 2 N–H and O–H groups in total. The molecular formula is C13H14N6OS. The smallest absolute Gasteiger partial charge is 0.256 e. The van der Waals surface area contributed by atoms with Crippen LogP contribution in [0.4, 0.5) is 5.00 Å². The second kappa shape index (κ2) is 5.49. The summed E-state index contributed by atoms with van der Waals surface area (Å²) < 4.78 is 6.03. The van der Waals surface area contributed by atoms with Gasteiger partial charge in [0, 0.05) is 13.2 Å². The van der Waals surface area contributed by atoms with Crippen molar-refractivity contribution in [1.82, 2.24) is 24.3 Å². The summed E-state index contributed by atoms with van der Waals surface area (Å²) in [4.78, 5) is 12.3. The fourth-order valence-corrected chi connectivity index (χ4v) is 2.81. The number of rotatable bonds is 4. The van der Waals surface area contributed by atoms with Gasteiger partial charge in [0.05, 0.1) is 17.8 Å². The number of fused-ring (bicyclic) bond motifs is 1. The zero-order chi connectivity index (χ0) is 14.8. The minimum Gasteiger partial charge on any atom is -0.378 e. The van der Waals surface area contributed by atoms with E-state index in [1.54, 1.807) is 7.05 Å². The molecule has 3 rings (SSSR count). The van der Waals surface area contributed by atoms with Crippen molar-refractivity contribution in [3.8, 4) is 0 Å². The van der Waals surface area contributed by atoms with E-state index in [9.17, 15) is 4.79 Å². The van der Waals surface area contributed by atoms with Crippen LogP contribution in [0.15, 0.2) is 24.4 Å². The highest BCUT2D eigenvalue weighted by molar-refractivity contribution is 7.10. The van der Waals surface area contributed by atoms with Crippen molar-refractivity contribution in [3.63, 3.8) is 0 Å². The number of aromatic nitrogens is 4. The van der Waals surface area contributed by atoms with Crippen LogP contribution in [-0.4, -0.2) is 31.9 Å². The van der Waals surface area contributed by atoms with Crippen LogP contribution in [0.5, 0.6) is 0 Å². The molecule has 0 saturated heterocycles. The molecule has 3 aromatic heterocycles. The van der Waals surface area contributed by atoms with Gasteiger partial charge in [0.1, 0.15) is 5.00 Å². The minimum atomic E-state index is -0.168. The summed E-state index contributed by atoms with van der Waals surface area (Å²) in [6.45, 7) is 2.13. The minimum absolute atomic E-state index is 0.168. The van der Waals surface area contributed by atoms with Crippen LogP contribution < -0.4 is 10.6 Å². The van der Waals surface area contributed by atoms with Gasteiger partial charge in [0.2, 0.25) is 0 Å². The Labute approximate surface area is 125 Å². The van der Waals surface area contributed by atoms with Crippen LogP contribution >= 0.6 is 11.5 Å². The molecule has 7 nitrogen and oxygen atoms in total. The Bertz CT molecular complexity index is 793. The molecule has 0 radical (unpaired) electrons. The Hall–Kier alpha value is -2.48.